The lowest BCUT2D eigenvalue weighted by atomic mass is 10.0. The van der Waals surface area contributed by atoms with E-state index in [2.05, 4.69) is 18.6 Å². The molecule has 0 aliphatic heterocycles. The van der Waals surface area contributed by atoms with E-state index in [1.165, 1.54) is 0 Å². The van der Waals surface area contributed by atoms with Crippen LogP contribution in [0.1, 0.15) is 42.6 Å². The van der Waals surface area contributed by atoms with Crippen molar-refractivity contribution >= 4 is 15.9 Å². The highest BCUT2D eigenvalue weighted by Crippen LogP contribution is 2.22. The molecule has 1 amide bonds. The van der Waals surface area contributed by atoms with E-state index in [1.54, 1.807) is 24.3 Å². The van der Waals surface area contributed by atoms with Crippen LogP contribution in [0.3, 0.4) is 0 Å². The van der Waals surface area contributed by atoms with Crippen molar-refractivity contribution in [2.45, 2.75) is 38.1 Å². The lowest BCUT2D eigenvalue weighted by molar-refractivity contribution is 0.0755. The summed E-state index contributed by atoms with van der Waals surface area (Å²) in [7, 11) is -3.60. The third-order valence-electron chi connectivity index (χ3n) is 5.21. The van der Waals surface area contributed by atoms with Crippen molar-refractivity contribution in [1.82, 2.24) is 9.62 Å². The van der Waals surface area contributed by atoms with Gasteiger partial charge in [-0.05, 0) is 53.8 Å². The predicted octanol–water partition coefficient (Wildman–Crippen LogP) is 5.09. The minimum Gasteiger partial charge on any atom is -0.339 e. The number of nitrogens with one attached hydrogen (secondary N) is 1. The van der Waals surface area contributed by atoms with Crippen molar-refractivity contribution in [2.24, 2.45) is 0 Å². The maximum absolute atomic E-state index is 12.7. The van der Waals surface area contributed by atoms with Crippen molar-refractivity contribution < 1.29 is 13.2 Å². The maximum Gasteiger partial charge on any atom is 0.253 e. The summed E-state index contributed by atoms with van der Waals surface area (Å²) in [5.41, 5.74) is 3.39. The molecular weight excluding hydrogens is 420 g/mol. The first-order valence-electron chi connectivity index (χ1n) is 11.0. The normalized spacial score (nSPS) is 11.3. The third kappa shape index (κ3) is 6.05. The molecule has 0 aromatic heterocycles. The molecule has 0 saturated heterocycles. The summed E-state index contributed by atoms with van der Waals surface area (Å²) in [4.78, 5) is 14.9. The van der Waals surface area contributed by atoms with E-state index in [9.17, 15) is 13.2 Å². The molecule has 3 aromatic rings. The number of benzene rings is 3. The van der Waals surface area contributed by atoms with Crippen molar-refractivity contribution in [2.75, 3.05) is 13.1 Å². The number of hydrogen-bond donors (Lipinski definition) is 1. The van der Waals surface area contributed by atoms with Gasteiger partial charge in [-0.2, -0.15) is 0 Å². The second kappa shape index (κ2) is 11.1. The molecule has 0 saturated carbocycles. The second-order valence-electron chi connectivity index (χ2n) is 7.70. The van der Waals surface area contributed by atoms with E-state index < -0.39 is 10.0 Å². The highest BCUT2D eigenvalue weighted by atomic mass is 32.2. The molecule has 6 heteroatoms. The van der Waals surface area contributed by atoms with E-state index in [0.717, 1.165) is 42.6 Å². The fraction of sp³-hybridized carbons (Fsp3) is 0.269. The van der Waals surface area contributed by atoms with Gasteiger partial charge in [0.25, 0.3) is 5.91 Å². The molecule has 32 heavy (non-hydrogen) atoms. The van der Waals surface area contributed by atoms with Crippen LogP contribution in [0, 0.1) is 0 Å². The van der Waals surface area contributed by atoms with E-state index in [4.69, 9.17) is 0 Å². The van der Waals surface area contributed by atoms with Crippen LogP contribution in [0.4, 0.5) is 0 Å². The number of hydrogen-bond acceptors (Lipinski definition) is 3. The Kier molecular flexibility index (Phi) is 8.20. The second-order valence-corrected chi connectivity index (χ2v) is 9.47. The minimum absolute atomic E-state index is 0.0474. The van der Waals surface area contributed by atoms with Crippen LogP contribution in [0.5, 0.6) is 0 Å². The van der Waals surface area contributed by atoms with Crippen LogP contribution in [-0.4, -0.2) is 32.3 Å². The van der Waals surface area contributed by atoms with Gasteiger partial charge in [-0.1, -0.05) is 68.4 Å². The largest absolute Gasteiger partial charge is 0.339 e. The summed E-state index contributed by atoms with van der Waals surface area (Å²) in [5.74, 6) is 0.0474. The summed E-state index contributed by atoms with van der Waals surface area (Å²) in [6, 6.07) is 23.7. The van der Waals surface area contributed by atoms with E-state index in [-0.39, 0.29) is 17.3 Å². The Labute approximate surface area is 191 Å². The van der Waals surface area contributed by atoms with Gasteiger partial charge >= 0.3 is 0 Å². The highest BCUT2D eigenvalue weighted by Gasteiger charge is 2.15. The van der Waals surface area contributed by atoms with Crippen LogP contribution in [0.15, 0.2) is 83.8 Å². The Hall–Kier alpha value is -2.96. The number of carbonyl (C=O) groups is 1. The first kappa shape index (κ1) is 23.7. The predicted molar refractivity (Wildman–Crippen MR) is 129 cm³/mol. The number of rotatable bonds is 10. The maximum atomic E-state index is 12.7. The zero-order valence-electron chi connectivity index (χ0n) is 18.6. The molecule has 0 aliphatic carbocycles. The monoisotopic (exact) mass is 450 g/mol. The Morgan fingerprint density at radius 1 is 0.781 bits per heavy atom. The van der Waals surface area contributed by atoms with Gasteiger partial charge in [-0.15, -0.1) is 0 Å². The lowest BCUT2D eigenvalue weighted by Gasteiger charge is -2.21. The molecule has 0 fully saturated rings. The molecule has 5 nitrogen and oxygen atoms in total. The molecule has 3 rings (SSSR count). The summed E-state index contributed by atoms with van der Waals surface area (Å²) >= 11 is 0. The number of amides is 1. The highest BCUT2D eigenvalue weighted by molar-refractivity contribution is 7.89. The fourth-order valence-corrected chi connectivity index (χ4v) is 4.54. The lowest BCUT2D eigenvalue weighted by Crippen LogP contribution is -2.32. The molecule has 0 bridgehead atoms. The molecule has 1 N–H and O–H groups in total. The zero-order valence-corrected chi connectivity index (χ0v) is 19.4. The Morgan fingerprint density at radius 3 is 1.84 bits per heavy atom. The van der Waals surface area contributed by atoms with Crippen molar-refractivity contribution in [3.05, 3.63) is 90.0 Å². The average molecular weight is 451 g/mol. The average Bonchev–Trinajstić information content (AvgIpc) is 2.83. The topological polar surface area (TPSA) is 66.5 Å². The van der Waals surface area contributed by atoms with Crippen molar-refractivity contribution in [3.8, 4) is 11.1 Å². The first-order valence-corrected chi connectivity index (χ1v) is 12.5. The molecule has 0 unspecified atom stereocenters. The summed E-state index contributed by atoms with van der Waals surface area (Å²) < 4.78 is 27.8. The van der Waals surface area contributed by atoms with Crippen molar-refractivity contribution in [1.29, 1.82) is 0 Å². The van der Waals surface area contributed by atoms with Crippen LogP contribution in [0.2, 0.25) is 0 Å². The Balaban J connectivity index is 1.69. The molecule has 0 heterocycles. The van der Waals surface area contributed by atoms with Crippen LogP contribution < -0.4 is 4.72 Å². The SMILES string of the molecule is CCCN(CCC)C(=O)c1ccc(-c2ccc(S(=O)(=O)NCc3ccccc3)cc2)cc1. The number of carbonyl (C=O) groups excluding carboxylic acids is 1. The quantitative estimate of drug-likeness (QED) is 0.468. The van der Waals surface area contributed by atoms with Gasteiger partial charge in [0.1, 0.15) is 0 Å². The first-order chi connectivity index (χ1) is 15.4. The van der Waals surface area contributed by atoms with Gasteiger partial charge in [0.2, 0.25) is 10.0 Å². The van der Waals surface area contributed by atoms with Gasteiger partial charge in [-0.25, -0.2) is 13.1 Å². The molecule has 0 radical (unpaired) electrons. The Bertz CT molecular complexity index is 1100. The van der Waals surface area contributed by atoms with Gasteiger partial charge in [0.15, 0.2) is 0 Å². The molecule has 3 aromatic carbocycles. The van der Waals surface area contributed by atoms with E-state index >= 15 is 0 Å². The van der Waals surface area contributed by atoms with Gasteiger partial charge in [0.05, 0.1) is 4.90 Å². The zero-order chi connectivity index (χ0) is 23.0. The smallest absolute Gasteiger partial charge is 0.253 e. The summed E-state index contributed by atoms with van der Waals surface area (Å²) in [5, 5.41) is 0. The fourth-order valence-electron chi connectivity index (χ4n) is 3.53. The molecule has 0 atom stereocenters. The molecule has 168 valence electrons. The van der Waals surface area contributed by atoms with E-state index in [0.29, 0.717) is 5.56 Å². The van der Waals surface area contributed by atoms with Crippen molar-refractivity contribution in [3.63, 3.8) is 0 Å². The van der Waals surface area contributed by atoms with Gasteiger partial charge in [-0.3, -0.25) is 4.79 Å². The van der Waals surface area contributed by atoms with Gasteiger partial charge in [0, 0.05) is 25.2 Å². The standard InChI is InChI=1S/C26H30N2O3S/c1-3-18-28(19-4-2)26(29)24-12-10-22(11-13-24)23-14-16-25(17-15-23)32(30,31)27-20-21-8-6-5-7-9-21/h5-17,27H,3-4,18-20H2,1-2H3. The number of sulfonamides is 1. The molecular formula is C26H30N2O3S. The van der Waals surface area contributed by atoms with Crippen LogP contribution >= 0.6 is 0 Å². The van der Waals surface area contributed by atoms with E-state index in [1.807, 2.05) is 59.5 Å². The number of nitrogens with zero attached hydrogens (tertiary/aromatic N) is 1. The van der Waals surface area contributed by atoms with Crippen LogP contribution in [-0.2, 0) is 16.6 Å². The molecule has 0 spiro atoms. The minimum atomic E-state index is -3.60. The van der Waals surface area contributed by atoms with Gasteiger partial charge < -0.3 is 4.90 Å². The third-order valence-corrected chi connectivity index (χ3v) is 6.63. The summed E-state index contributed by atoms with van der Waals surface area (Å²) in [6.45, 7) is 5.89. The Morgan fingerprint density at radius 2 is 1.31 bits per heavy atom. The molecule has 0 aliphatic rings. The summed E-state index contributed by atoms with van der Waals surface area (Å²) in [6.07, 6.45) is 1.86. The van der Waals surface area contributed by atoms with Crippen LogP contribution in [0.25, 0.3) is 11.1 Å².